The van der Waals surface area contributed by atoms with E-state index in [1.54, 1.807) is 11.1 Å². The number of aliphatic hydroxyl groups is 1. The largest absolute Gasteiger partial charge is 0.393 e. The van der Waals surface area contributed by atoms with Crippen molar-refractivity contribution in [2.75, 3.05) is 13.2 Å². The second-order valence-electron chi connectivity index (χ2n) is 12.9. The fourth-order valence-corrected chi connectivity index (χ4v) is 8.31. The maximum absolute atomic E-state index is 11.1. The van der Waals surface area contributed by atoms with Crippen LogP contribution < -0.4 is 0 Å². The van der Waals surface area contributed by atoms with Gasteiger partial charge in [-0.2, -0.15) is 0 Å². The average Bonchev–Trinajstić information content (AvgIpc) is 3.14. The van der Waals surface area contributed by atoms with Crippen molar-refractivity contribution in [1.29, 1.82) is 0 Å². The van der Waals surface area contributed by atoms with Crippen molar-refractivity contribution >= 4 is 0 Å². The molecule has 3 saturated carbocycles. The lowest BCUT2D eigenvalue weighted by Crippen LogP contribution is -2.52. The Hall–Kier alpha value is -1.60. The molecule has 0 amide bonds. The van der Waals surface area contributed by atoms with Crippen molar-refractivity contribution in [2.24, 2.45) is 28.6 Å². The van der Waals surface area contributed by atoms with Crippen LogP contribution in [0.1, 0.15) is 89.2 Å². The lowest BCUT2D eigenvalue weighted by Gasteiger charge is -2.55. The van der Waals surface area contributed by atoms with Crippen LogP contribution in [0.15, 0.2) is 35.4 Å². The number of benzene rings is 1. The summed E-state index contributed by atoms with van der Waals surface area (Å²) < 4.78 is 12.9. The molecule has 1 aromatic carbocycles. The van der Waals surface area contributed by atoms with Gasteiger partial charge in [0.2, 0.25) is 0 Å². The third kappa shape index (κ3) is 3.52. The first-order chi connectivity index (χ1) is 16.2. The number of aliphatic hydroxyl groups excluding tert-OH is 1. The highest BCUT2D eigenvalue weighted by Crippen LogP contribution is 2.64. The average molecular weight is 461 g/mol. The quantitative estimate of drug-likeness (QED) is 0.400. The van der Waals surface area contributed by atoms with Gasteiger partial charge in [0, 0.05) is 29.7 Å². The summed E-state index contributed by atoms with van der Waals surface area (Å²) in [6, 6.07) is 8.69. The smallest absolute Gasteiger partial charge is 0.169 e. The van der Waals surface area contributed by atoms with E-state index >= 15 is 0 Å². The van der Waals surface area contributed by atoms with E-state index in [4.69, 9.17) is 15.9 Å². The molecule has 1 aromatic rings. The monoisotopic (exact) mass is 460 g/mol. The lowest BCUT2D eigenvalue weighted by molar-refractivity contribution is -0.312. The van der Waals surface area contributed by atoms with Gasteiger partial charge in [-0.05, 0) is 79.4 Å². The molecule has 1 heterocycles. The minimum Gasteiger partial charge on any atom is -0.393 e. The summed E-state index contributed by atoms with van der Waals surface area (Å²) in [5.41, 5.74) is 5.84. The van der Waals surface area contributed by atoms with Crippen molar-refractivity contribution in [2.45, 2.75) is 89.9 Å². The highest BCUT2D eigenvalue weighted by atomic mass is 16.7. The van der Waals surface area contributed by atoms with Gasteiger partial charge >= 0.3 is 0 Å². The third-order valence-electron chi connectivity index (χ3n) is 10.2. The summed E-state index contributed by atoms with van der Waals surface area (Å²) in [5, 5.41) is 11.1. The van der Waals surface area contributed by atoms with Crippen molar-refractivity contribution in [1.82, 2.24) is 0 Å². The predicted octanol–water partition coefficient (Wildman–Crippen LogP) is 6.21. The molecule has 34 heavy (non-hydrogen) atoms. The van der Waals surface area contributed by atoms with Gasteiger partial charge in [-0.15, -0.1) is 6.42 Å². The Balaban J connectivity index is 1.38. The van der Waals surface area contributed by atoms with Gasteiger partial charge in [0.1, 0.15) is 0 Å². The summed E-state index contributed by atoms with van der Waals surface area (Å²) in [6.07, 6.45) is 14.1. The molecule has 5 aliphatic rings. The molecule has 3 nitrogen and oxygen atoms in total. The molecular formula is C31H40O3. The number of hydrogen-bond donors (Lipinski definition) is 1. The van der Waals surface area contributed by atoms with Crippen LogP contribution in [0, 0.1) is 40.9 Å². The second-order valence-corrected chi connectivity index (χ2v) is 12.9. The molecule has 6 atom stereocenters. The Kier molecular flexibility index (Phi) is 5.34. The van der Waals surface area contributed by atoms with Crippen molar-refractivity contribution in [3.05, 3.63) is 46.5 Å². The van der Waals surface area contributed by atoms with E-state index in [2.05, 4.69) is 51.0 Å². The van der Waals surface area contributed by atoms with Gasteiger partial charge < -0.3 is 14.6 Å². The van der Waals surface area contributed by atoms with Crippen LogP contribution in [-0.2, 0) is 9.47 Å². The molecule has 1 N–H and O–H groups in total. The van der Waals surface area contributed by atoms with Gasteiger partial charge in [-0.1, -0.05) is 50.0 Å². The highest BCUT2D eigenvalue weighted by Gasteiger charge is 2.57. The van der Waals surface area contributed by atoms with Gasteiger partial charge in [0.15, 0.2) is 5.79 Å². The van der Waals surface area contributed by atoms with E-state index < -0.39 is 0 Å². The first-order valence-electron chi connectivity index (χ1n) is 13.5. The van der Waals surface area contributed by atoms with E-state index in [0.717, 1.165) is 57.3 Å². The lowest BCUT2D eigenvalue weighted by atomic mass is 9.52. The molecule has 3 heteroatoms. The standard InChI is InChI=1S/C31H40O3/c1-5-20-6-8-21(9-7-20)25-17-30(4)26(12-13-27(30)32)24-11-10-22-16-31(15-14-23(22)28(24)25)33-18-29(2,3)19-34-31/h1,6-9,22,24-27,32H,10-19H2,2-4H3/t22?,24?,25-,26?,27?,30+/m1/s1. The van der Waals surface area contributed by atoms with Crippen LogP contribution in [0.4, 0.5) is 0 Å². The van der Waals surface area contributed by atoms with Crippen molar-refractivity contribution < 1.29 is 14.6 Å². The normalized spacial score (nSPS) is 40.3. The fourth-order valence-electron chi connectivity index (χ4n) is 8.31. The summed E-state index contributed by atoms with van der Waals surface area (Å²) in [4.78, 5) is 0. The molecule has 4 aliphatic carbocycles. The van der Waals surface area contributed by atoms with Crippen LogP contribution in [0.3, 0.4) is 0 Å². The minimum atomic E-state index is -0.381. The Morgan fingerprint density at radius 2 is 1.71 bits per heavy atom. The highest BCUT2D eigenvalue weighted by molar-refractivity contribution is 5.43. The Labute approximate surface area is 205 Å². The van der Waals surface area contributed by atoms with Gasteiger partial charge in [0.25, 0.3) is 0 Å². The van der Waals surface area contributed by atoms with Crippen LogP contribution in [0.2, 0.25) is 0 Å². The van der Waals surface area contributed by atoms with Gasteiger partial charge in [0.05, 0.1) is 19.3 Å². The van der Waals surface area contributed by atoms with Crippen molar-refractivity contribution in [3.63, 3.8) is 0 Å². The van der Waals surface area contributed by atoms with Gasteiger partial charge in [-0.3, -0.25) is 0 Å². The molecular weight excluding hydrogens is 420 g/mol. The Morgan fingerprint density at radius 1 is 0.971 bits per heavy atom. The SMILES string of the molecule is C#Cc1ccc([C@H]2C[C@]3(C)C(O)CCC3C3CCC4CC5(CCC4=C32)OCC(C)(C)CO5)cc1. The second kappa shape index (κ2) is 7.95. The Morgan fingerprint density at radius 3 is 2.41 bits per heavy atom. The van der Waals surface area contributed by atoms with E-state index in [1.807, 2.05) is 0 Å². The molecule has 0 aromatic heterocycles. The third-order valence-corrected chi connectivity index (χ3v) is 10.2. The summed E-state index contributed by atoms with van der Waals surface area (Å²) in [6.45, 7) is 8.40. The minimum absolute atomic E-state index is 0.00802. The van der Waals surface area contributed by atoms with Crippen molar-refractivity contribution in [3.8, 4) is 12.3 Å². The topological polar surface area (TPSA) is 38.7 Å². The number of rotatable bonds is 1. The predicted molar refractivity (Wildman–Crippen MR) is 134 cm³/mol. The van der Waals surface area contributed by atoms with Crippen LogP contribution >= 0.6 is 0 Å². The molecule has 1 spiro atoms. The van der Waals surface area contributed by atoms with E-state index in [9.17, 15) is 5.11 Å². The van der Waals surface area contributed by atoms with Crippen LogP contribution in [-0.4, -0.2) is 30.2 Å². The van der Waals surface area contributed by atoms with Gasteiger partial charge in [-0.25, -0.2) is 0 Å². The maximum atomic E-state index is 11.1. The zero-order valence-corrected chi connectivity index (χ0v) is 21.1. The van der Waals surface area contributed by atoms with E-state index in [-0.39, 0.29) is 22.7 Å². The van der Waals surface area contributed by atoms with Crippen LogP contribution in [0.5, 0.6) is 0 Å². The molecule has 1 aliphatic heterocycles. The number of ether oxygens (including phenoxy) is 2. The zero-order chi connectivity index (χ0) is 23.7. The number of fused-ring (bicyclic) bond motifs is 4. The fraction of sp³-hybridized carbons (Fsp3) is 0.677. The van der Waals surface area contributed by atoms with E-state index in [0.29, 0.717) is 23.7 Å². The van der Waals surface area contributed by atoms with E-state index in [1.165, 1.54) is 18.4 Å². The first kappa shape index (κ1) is 22.8. The van der Waals surface area contributed by atoms with Crippen LogP contribution in [0.25, 0.3) is 0 Å². The number of hydrogen-bond acceptors (Lipinski definition) is 3. The molecule has 0 bridgehead atoms. The maximum Gasteiger partial charge on any atom is 0.169 e. The molecule has 0 radical (unpaired) electrons. The number of terminal acetylenes is 1. The molecule has 4 fully saturated rings. The summed E-state index contributed by atoms with van der Waals surface area (Å²) >= 11 is 0. The zero-order valence-electron chi connectivity index (χ0n) is 21.1. The summed E-state index contributed by atoms with van der Waals surface area (Å²) in [5.74, 6) is 4.53. The Bertz CT molecular complexity index is 1020. The molecule has 6 rings (SSSR count). The molecule has 4 unspecified atom stereocenters. The molecule has 182 valence electrons. The first-order valence-corrected chi connectivity index (χ1v) is 13.5. The molecule has 1 saturated heterocycles. The summed E-state index contributed by atoms with van der Waals surface area (Å²) in [7, 11) is 0. The number of allylic oxidation sites excluding steroid dienone is 2.